The maximum atomic E-state index is 11.6. The summed E-state index contributed by atoms with van der Waals surface area (Å²) in [5, 5.41) is 4.66. The van der Waals surface area contributed by atoms with E-state index in [2.05, 4.69) is 20.8 Å². The van der Waals surface area contributed by atoms with Crippen LogP contribution in [0.5, 0.6) is 11.6 Å². The molecule has 7 nitrogen and oxygen atoms in total. The number of hydrogen-bond donors (Lipinski definition) is 0. The molecule has 4 rings (SSSR count). The second kappa shape index (κ2) is 10.6. The van der Waals surface area contributed by atoms with Crippen LogP contribution in [0.4, 0.5) is 0 Å². The van der Waals surface area contributed by atoms with Crippen molar-refractivity contribution >= 4 is 11.9 Å². The van der Waals surface area contributed by atoms with Gasteiger partial charge in [-0.3, -0.25) is 9.48 Å². The van der Waals surface area contributed by atoms with E-state index < -0.39 is 0 Å². The van der Waals surface area contributed by atoms with Crippen molar-refractivity contribution in [1.29, 1.82) is 0 Å². The molecular weight excluding hydrogens is 394 g/mol. The second-order valence-corrected chi connectivity index (χ2v) is 8.20. The summed E-state index contributed by atoms with van der Waals surface area (Å²) in [4.78, 5) is 15.9. The SMILES string of the molecule is COCCOc1cc(C=O)c(OCC2=C(c3ccnn3C3CCCC3)CCCC2)cn1. The Kier molecular flexibility index (Phi) is 7.35. The van der Waals surface area contributed by atoms with Gasteiger partial charge in [0, 0.05) is 19.4 Å². The zero-order valence-electron chi connectivity index (χ0n) is 18.2. The molecule has 0 aromatic carbocycles. The highest BCUT2D eigenvalue weighted by atomic mass is 16.5. The summed E-state index contributed by atoms with van der Waals surface area (Å²) in [5.74, 6) is 0.875. The molecule has 0 spiro atoms. The van der Waals surface area contributed by atoms with Crippen LogP contribution in [0.15, 0.2) is 30.1 Å². The lowest BCUT2D eigenvalue weighted by molar-refractivity contribution is 0.111. The van der Waals surface area contributed by atoms with Crippen LogP contribution in [0.25, 0.3) is 5.57 Å². The van der Waals surface area contributed by atoms with Gasteiger partial charge in [0.2, 0.25) is 5.88 Å². The number of carbonyl (C=O) groups excluding carboxylic acids is 1. The first-order valence-corrected chi connectivity index (χ1v) is 11.2. The second-order valence-electron chi connectivity index (χ2n) is 8.20. The van der Waals surface area contributed by atoms with E-state index in [1.807, 2.05) is 6.20 Å². The Morgan fingerprint density at radius 2 is 1.97 bits per heavy atom. The Morgan fingerprint density at radius 3 is 2.77 bits per heavy atom. The molecular formula is C24H31N3O4. The van der Waals surface area contributed by atoms with E-state index >= 15 is 0 Å². The number of aromatic nitrogens is 3. The summed E-state index contributed by atoms with van der Waals surface area (Å²) in [6.07, 6.45) is 13.6. The largest absolute Gasteiger partial charge is 0.487 e. The molecule has 0 radical (unpaired) electrons. The quantitative estimate of drug-likeness (QED) is 0.408. The minimum Gasteiger partial charge on any atom is -0.487 e. The number of nitrogens with zero attached hydrogens (tertiary/aromatic N) is 3. The molecule has 2 aromatic heterocycles. The number of allylic oxidation sites excluding steroid dienone is 1. The standard InChI is InChI=1S/C24H31N3O4/c1-29-12-13-30-24-14-19(16-28)23(15-25-24)31-17-18-6-2-5-9-21(18)22-10-11-26-27(22)20-7-3-4-8-20/h10-11,14-16,20H,2-9,12-13,17H2,1H3. The third kappa shape index (κ3) is 5.15. The van der Waals surface area contributed by atoms with Gasteiger partial charge in [0.25, 0.3) is 0 Å². The molecule has 0 saturated heterocycles. The zero-order valence-corrected chi connectivity index (χ0v) is 18.2. The molecule has 0 atom stereocenters. The van der Waals surface area contributed by atoms with Gasteiger partial charge in [-0.15, -0.1) is 0 Å². The van der Waals surface area contributed by atoms with Crippen LogP contribution < -0.4 is 9.47 Å². The van der Waals surface area contributed by atoms with Crippen LogP contribution in [-0.2, 0) is 4.74 Å². The lowest BCUT2D eigenvalue weighted by Gasteiger charge is -2.23. The van der Waals surface area contributed by atoms with E-state index in [0.717, 1.165) is 25.5 Å². The normalized spacial score (nSPS) is 17.2. The molecule has 166 valence electrons. The van der Waals surface area contributed by atoms with Crippen LogP contribution in [0, 0.1) is 0 Å². The number of aldehydes is 1. The number of rotatable bonds is 10. The van der Waals surface area contributed by atoms with E-state index in [4.69, 9.17) is 14.2 Å². The molecule has 0 aliphatic heterocycles. The van der Waals surface area contributed by atoms with Gasteiger partial charge in [0.15, 0.2) is 6.29 Å². The summed E-state index contributed by atoms with van der Waals surface area (Å²) < 4.78 is 18.8. The predicted molar refractivity (Wildman–Crippen MR) is 118 cm³/mol. The summed E-state index contributed by atoms with van der Waals surface area (Å²) in [5.41, 5.74) is 4.33. The smallest absolute Gasteiger partial charge is 0.214 e. The first kappa shape index (κ1) is 21.6. The predicted octanol–water partition coefficient (Wildman–Crippen LogP) is 4.64. The zero-order chi connectivity index (χ0) is 21.5. The topological polar surface area (TPSA) is 75.5 Å². The van der Waals surface area contributed by atoms with E-state index in [1.54, 1.807) is 19.4 Å². The molecule has 1 saturated carbocycles. The molecule has 7 heteroatoms. The third-order valence-corrected chi connectivity index (χ3v) is 6.17. The maximum absolute atomic E-state index is 11.6. The van der Waals surface area contributed by atoms with E-state index in [9.17, 15) is 4.79 Å². The molecule has 2 aromatic rings. The maximum Gasteiger partial charge on any atom is 0.214 e. The van der Waals surface area contributed by atoms with E-state index in [0.29, 0.717) is 43.1 Å². The minimum absolute atomic E-state index is 0.382. The third-order valence-electron chi connectivity index (χ3n) is 6.17. The molecule has 0 N–H and O–H groups in total. The number of hydrogen-bond acceptors (Lipinski definition) is 6. The van der Waals surface area contributed by atoms with Gasteiger partial charge in [-0.2, -0.15) is 5.10 Å². The Hall–Kier alpha value is -2.67. The lowest BCUT2D eigenvalue weighted by atomic mass is 9.90. The van der Waals surface area contributed by atoms with Gasteiger partial charge in [0.1, 0.15) is 19.0 Å². The van der Waals surface area contributed by atoms with Crippen molar-refractivity contribution in [3.05, 3.63) is 41.4 Å². The van der Waals surface area contributed by atoms with Crippen molar-refractivity contribution < 1.29 is 19.0 Å². The highest BCUT2D eigenvalue weighted by molar-refractivity contribution is 5.79. The van der Waals surface area contributed by atoms with E-state index in [1.165, 1.54) is 48.9 Å². The molecule has 1 fully saturated rings. The highest BCUT2D eigenvalue weighted by Crippen LogP contribution is 2.37. The summed E-state index contributed by atoms with van der Waals surface area (Å²) in [6, 6.07) is 4.27. The fraction of sp³-hybridized carbons (Fsp3) is 0.542. The van der Waals surface area contributed by atoms with Crippen LogP contribution in [0.1, 0.15) is 73.5 Å². The first-order valence-electron chi connectivity index (χ1n) is 11.2. The fourth-order valence-electron chi connectivity index (χ4n) is 4.55. The first-order chi connectivity index (χ1) is 15.3. The highest BCUT2D eigenvalue weighted by Gasteiger charge is 2.24. The molecule has 2 aliphatic carbocycles. The van der Waals surface area contributed by atoms with Crippen LogP contribution >= 0.6 is 0 Å². The molecule has 31 heavy (non-hydrogen) atoms. The summed E-state index contributed by atoms with van der Waals surface area (Å²) in [6.45, 7) is 1.30. The summed E-state index contributed by atoms with van der Waals surface area (Å²) in [7, 11) is 1.61. The van der Waals surface area contributed by atoms with Gasteiger partial charge in [-0.1, -0.05) is 12.8 Å². The monoisotopic (exact) mass is 425 g/mol. The minimum atomic E-state index is 0.382. The van der Waals surface area contributed by atoms with Gasteiger partial charge in [-0.05, 0) is 55.7 Å². The number of ether oxygens (including phenoxy) is 3. The van der Waals surface area contributed by atoms with Crippen molar-refractivity contribution in [2.24, 2.45) is 0 Å². The summed E-state index contributed by atoms with van der Waals surface area (Å²) >= 11 is 0. The van der Waals surface area contributed by atoms with Crippen LogP contribution in [0.2, 0.25) is 0 Å². The molecule has 0 amide bonds. The Balaban J connectivity index is 1.51. The van der Waals surface area contributed by atoms with Crippen molar-refractivity contribution in [2.45, 2.75) is 57.4 Å². The van der Waals surface area contributed by atoms with Crippen LogP contribution in [-0.4, -0.2) is 48.0 Å². The average molecular weight is 426 g/mol. The van der Waals surface area contributed by atoms with Crippen molar-refractivity contribution in [1.82, 2.24) is 14.8 Å². The van der Waals surface area contributed by atoms with Crippen molar-refractivity contribution in [3.63, 3.8) is 0 Å². The lowest BCUT2D eigenvalue weighted by Crippen LogP contribution is -2.14. The van der Waals surface area contributed by atoms with Crippen molar-refractivity contribution in [2.75, 3.05) is 26.9 Å². The molecule has 0 bridgehead atoms. The Bertz CT molecular complexity index is 915. The molecule has 2 aliphatic rings. The van der Waals surface area contributed by atoms with E-state index in [-0.39, 0.29) is 0 Å². The number of carbonyl (C=O) groups is 1. The molecule has 2 heterocycles. The number of methoxy groups -OCH3 is 1. The number of pyridine rings is 1. The van der Waals surface area contributed by atoms with Gasteiger partial charge >= 0.3 is 0 Å². The van der Waals surface area contributed by atoms with Gasteiger partial charge in [0.05, 0.1) is 30.1 Å². The Morgan fingerprint density at radius 1 is 1.13 bits per heavy atom. The Labute approximate surface area is 183 Å². The average Bonchev–Trinajstić information content (AvgIpc) is 3.50. The van der Waals surface area contributed by atoms with Crippen LogP contribution in [0.3, 0.4) is 0 Å². The van der Waals surface area contributed by atoms with Crippen molar-refractivity contribution in [3.8, 4) is 11.6 Å². The fourth-order valence-corrected chi connectivity index (χ4v) is 4.55. The van der Waals surface area contributed by atoms with Gasteiger partial charge < -0.3 is 14.2 Å². The van der Waals surface area contributed by atoms with Gasteiger partial charge in [-0.25, -0.2) is 4.98 Å². The molecule has 0 unspecified atom stereocenters.